The Morgan fingerprint density at radius 1 is 0.800 bits per heavy atom. The molecule has 0 heterocycles. The fourth-order valence-electron chi connectivity index (χ4n) is 3.25. The fraction of sp³-hybridized carbons (Fsp3) is 0.0400. The summed E-state index contributed by atoms with van der Waals surface area (Å²) in [5, 5.41) is 12.4. The highest BCUT2D eigenvalue weighted by Gasteiger charge is 2.28. The lowest BCUT2D eigenvalue weighted by Gasteiger charge is -2.18. The molecule has 0 saturated heterocycles. The van der Waals surface area contributed by atoms with E-state index in [1.165, 1.54) is 6.07 Å². The predicted octanol–water partition coefficient (Wildman–Crippen LogP) is 5.98. The van der Waals surface area contributed by atoms with Gasteiger partial charge in [0.1, 0.15) is 11.3 Å². The van der Waals surface area contributed by atoms with Crippen molar-refractivity contribution in [1.29, 1.82) is 0 Å². The van der Waals surface area contributed by atoms with Crippen LogP contribution in [0.1, 0.15) is 32.4 Å². The number of halogens is 1. The van der Waals surface area contributed by atoms with Crippen LogP contribution in [0.5, 0.6) is 5.75 Å². The lowest BCUT2D eigenvalue weighted by atomic mass is 9.99. The molecule has 0 unspecified atom stereocenters. The SMILES string of the molecule is O=C(O[C@@H](C(=O)c1ccccc1)c1ccc(Cl)cc1)c1ccc2ccccc2c1O. The van der Waals surface area contributed by atoms with Gasteiger partial charge in [-0.05, 0) is 23.6 Å². The minimum absolute atomic E-state index is 0.00600. The van der Waals surface area contributed by atoms with Crippen LogP contribution in [0.3, 0.4) is 0 Å². The number of carbonyl (C=O) groups excluding carboxylic acids is 2. The highest BCUT2D eigenvalue weighted by Crippen LogP contribution is 2.31. The van der Waals surface area contributed by atoms with Crippen LogP contribution in [0.2, 0.25) is 5.02 Å². The second-order valence-electron chi connectivity index (χ2n) is 6.75. The third-order valence-corrected chi connectivity index (χ3v) is 5.07. The quantitative estimate of drug-likeness (QED) is 0.321. The largest absolute Gasteiger partial charge is 0.506 e. The lowest BCUT2D eigenvalue weighted by molar-refractivity contribution is 0.0277. The maximum absolute atomic E-state index is 13.1. The zero-order valence-electron chi connectivity index (χ0n) is 15.8. The molecule has 30 heavy (non-hydrogen) atoms. The van der Waals surface area contributed by atoms with Crippen molar-refractivity contribution in [3.05, 3.63) is 113 Å². The normalized spacial score (nSPS) is 11.8. The summed E-state index contributed by atoms with van der Waals surface area (Å²) in [6.45, 7) is 0. The number of fused-ring (bicyclic) bond motifs is 1. The average molecular weight is 417 g/mol. The zero-order chi connectivity index (χ0) is 21.1. The minimum atomic E-state index is -1.18. The number of hydrogen-bond donors (Lipinski definition) is 1. The van der Waals surface area contributed by atoms with E-state index < -0.39 is 12.1 Å². The fourth-order valence-corrected chi connectivity index (χ4v) is 3.38. The van der Waals surface area contributed by atoms with Gasteiger partial charge in [0.15, 0.2) is 6.10 Å². The number of hydrogen-bond acceptors (Lipinski definition) is 4. The summed E-state index contributed by atoms with van der Waals surface area (Å²) < 4.78 is 5.62. The van der Waals surface area contributed by atoms with Crippen LogP contribution in [0, 0.1) is 0 Å². The molecule has 0 aromatic heterocycles. The summed E-state index contributed by atoms with van der Waals surface area (Å²) in [6.07, 6.45) is -1.18. The van der Waals surface area contributed by atoms with Crippen molar-refractivity contribution in [3.8, 4) is 5.75 Å². The highest BCUT2D eigenvalue weighted by atomic mass is 35.5. The van der Waals surface area contributed by atoms with Crippen molar-refractivity contribution in [2.75, 3.05) is 0 Å². The van der Waals surface area contributed by atoms with Gasteiger partial charge < -0.3 is 9.84 Å². The zero-order valence-corrected chi connectivity index (χ0v) is 16.5. The molecule has 1 atom stereocenters. The molecule has 0 aliphatic rings. The van der Waals surface area contributed by atoms with E-state index >= 15 is 0 Å². The standard InChI is InChI=1S/C25H17ClO4/c26-19-13-10-18(11-14-19)24(22(27)17-7-2-1-3-8-17)30-25(29)21-15-12-16-6-4-5-9-20(16)23(21)28/h1-15,24,28H/t24-/m1/s1. The molecule has 148 valence electrons. The lowest BCUT2D eigenvalue weighted by Crippen LogP contribution is -2.20. The first-order valence-electron chi connectivity index (χ1n) is 9.31. The average Bonchev–Trinajstić information content (AvgIpc) is 2.78. The van der Waals surface area contributed by atoms with Gasteiger partial charge in [0, 0.05) is 21.5 Å². The predicted molar refractivity (Wildman–Crippen MR) is 116 cm³/mol. The number of rotatable bonds is 5. The van der Waals surface area contributed by atoms with Crippen LogP contribution in [-0.2, 0) is 4.74 Å². The second kappa shape index (κ2) is 8.39. The molecule has 4 rings (SSSR count). The number of Topliss-reactive ketones (excluding diaryl/α,β-unsaturated/α-hetero) is 1. The Bertz CT molecular complexity index is 1220. The van der Waals surface area contributed by atoms with E-state index in [1.54, 1.807) is 72.8 Å². The van der Waals surface area contributed by atoms with E-state index in [4.69, 9.17) is 16.3 Å². The Morgan fingerprint density at radius 2 is 1.47 bits per heavy atom. The van der Waals surface area contributed by atoms with Crippen molar-refractivity contribution < 1.29 is 19.4 Å². The van der Waals surface area contributed by atoms with Gasteiger partial charge in [-0.25, -0.2) is 4.79 Å². The maximum atomic E-state index is 13.1. The number of phenols is 1. The van der Waals surface area contributed by atoms with E-state index in [-0.39, 0.29) is 17.1 Å². The highest BCUT2D eigenvalue weighted by molar-refractivity contribution is 6.30. The van der Waals surface area contributed by atoms with Crippen LogP contribution < -0.4 is 0 Å². The molecule has 0 spiro atoms. The molecular weight excluding hydrogens is 400 g/mol. The van der Waals surface area contributed by atoms with Gasteiger partial charge in [-0.2, -0.15) is 0 Å². The first-order valence-corrected chi connectivity index (χ1v) is 9.69. The number of phenolic OH excluding ortho intramolecular Hbond substituents is 1. The molecule has 0 fully saturated rings. The Kier molecular flexibility index (Phi) is 5.50. The summed E-state index contributed by atoms with van der Waals surface area (Å²) in [6, 6.07) is 25.5. The van der Waals surface area contributed by atoms with Crippen LogP contribution in [0.15, 0.2) is 91.0 Å². The third kappa shape index (κ3) is 3.91. The third-order valence-electron chi connectivity index (χ3n) is 4.81. The Hall–Kier alpha value is -3.63. The molecule has 0 saturated carbocycles. The van der Waals surface area contributed by atoms with E-state index in [2.05, 4.69) is 0 Å². The van der Waals surface area contributed by atoms with Gasteiger partial charge in [-0.1, -0.05) is 84.4 Å². The van der Waals surface area contributed by atoms with Crippen molar-refractivity contribution in [3.63, 3.8) is 0 Å². The van der Waals surface area contributed by atoms with Crippen molar-refractivity contribution in [1.82, 2.24) is 0 Å². The van der Waals surface area contributed by atoms with E-state index in [0.29, 0.717) is 21.5 Å². The number of carbonyl (C=O) groups is 2. The van der Waals surface area contributed by atoms with Gasteiger partial charge in [0.05, 0.1) is 0 Å². The molecule has 4 aromatic rings. The number of ether oxygens (including phenoxy) is 1. The summed E-state index contributed by atoms with van der Waals surface area (Å²) in [5.41, 5.74) is 0.892. The van der Waals surface area contributed by atoms with Crippen LogP contribution in [0.25, 0.3) is 10.8 Å². The molecule has 0 amide bonds. The van der Waals surface area contributed by atoms with E-state index in [0.717, 1.165) is 5.39 Å². The topological polar surface area (TPSA) is 63.6 Å². The summed E-state index contributed by atoms with van der Waals surface area (Å²) in [7, 11) is 0. The second-order valence-corrected chi connectivity index (χ2v) is 7.19. The van der Waals surface area contributed by atoms with Crippen molar-refractivity contribution in [2.45, 2.75) is 6.10 Å². The molecule has 1 N–H and O–H groups in total. The number of ketones is 1. The molecule has 0 radical (unpaired) electrons. The summed E-state index contributed by atoms with van der Waals surface area (Å²) in [4.78, 5) is 26.1. The van der Waals surface area contributed by atoms with Gasteiger partial charge in [0.2, 0.25) is 5.78 Å². The first kappa shape index (κ1) is 19.7. The van der Waals surface area contributed by atoms with Crippen LogP contribution >= 0.6 is 11.6 Å². The van der Waals surface area contributed by atoms with Crippen LogP contribution in [-0.4, -0.2) is 16.9 Å². The van der Waals surface area contributed by atoms with E-state index in [1.807, 2.05) is 12.1 Å². The van der Waals surface area contributed by atoms with Gasteiger partial charge in [-0.3, -0.25) is 4.79 Å². The number of aromatic hydroxyl groups is 1. The maximum Gasteiger partial charge on any atom is 0.343 e. The Balaban J connectivity index is 1.71. The van der Waals surface area contributed by atoms with Crippen molar-refractivity contribution in [2.24, 2.45) is 0 Å². The molecule has 0 aliphatic carbocycles. The van der Waals surface area contributed by atoms with Gasteiger partial charge in [0.25, 0.3) is 0 Å². The number of benzene rings is 4. The number of esters is 1. The van der Waals surface area contributed by atoms with Gasteiger partial charge in [-0.15, -0.1) is 0 Å². The van der Waals surface area contributed by atoms with Crippen molar-refractivity contribution >= 4 is 34.1 Å². The van der Waals surface area contributed by atoms with E-state index in [9.17, 15) is 14.7 Å². The summed E-state index contributed by atoms with van der Waals surface area (Å²) >= 11 is 5.97. The summed E-state index contributed by atoms with van der Waals surface area (Å²) in [5.74, 6) is -1.34. The van der Waals surface area contributed by atoms with Gasteiger partial charge >= 0.3 is 5.97 Å². The van der Waals surface area contributed by atoms with Crippen LogP contribution in [0.4, 0.5) is 0 Å². The molecule has 0 aliphatic heterocycles. The monoisotopic (exact) mass is 416 g/mol. The molecule has 4 nitrogen and oxygen atoms in total. The Labute approximate surface area is 178 Å². The smallest absolute Gasteiger partial charge is 0.343 e. The first-order chi connectivity index (χ1) is 14.5. The minimum Gasteiger partial charge on any atom is -0.506 e. The molecule has 4 aromatic carbocycles. The molecular formula is C25H17ClO4. The molecule has 5 heteroatoms. The molecule has 0 bridgehead atoms. The Morgan fingerprint density at radius 3 is 2.20 bits per heavy atom.